The summed E-state index contributed by atoms with van der Waals surface area (Å²) in [4.78, 5) is 38.6. The predicted octanol–water partition coefficient (Wildman–Crippen LogP) is 3.93. The molecular formula is C26H31N3O4. The normalized spacial score (nSPS) is 15.3. The van der Waals surface area contributed by atoms with Gasteiger partial charge in [0.05, 0.1) is 5.56 Å². The van der Waals surface area contributed by atoms with Gasteiger partial charge in [-0.15, -0.1) is 0 Å². The predicted molar refractivity (Wildman–Crippen MR) is 128 cm³/mol. The molecule has 3 rings (SSSR count). The number of esters is 1. The minimum absolute atomic E-state index is 0.0518. The van der Waals surface area contributed by atoms with Crippen molar-refractivity contribution in [2.75, 3.05) is 18.6 Å². The second kappa shape index (κ2) is 9.90. The van der Waals surface area contributed by atoms with Gasteiger partial charge in [-0.05, 0) is 43.2 Å². The van der Waals surface area contributed by atoms with E-state index < -0.39 is 5.97 Å². The fourth-order valence-corrected chi connectivity index (χ4v) is 3.93. The summed E-state index contributed by atoms with van der Waals surface area (Å²) < 4.78 is 5.23. The Bertz CT molecular complexity index is 1070. The summed E-state index contributed by atoms with van der Waals surface area (Å²) >= 11 is 0. The van der Waals surface area contributed by atoms with Crippen LogP contribution in [-0.4, -0.2) is 37.5 Å². The van der Waals surface area contributed by atoms with Crippen LogP contribution in [0.2, 0.25) is 0 Å². The molecule has 7 heteroatoms. The van der Waals surface area contributed by atoms with Crippen LogP contribution in [0.15, 0.2) is 60.3 Å². The van der Waals surface area contributed by atoms with Crippen molar-refractivity contribution in [3.8, 4) is 0 Å². The third kappa shape index (κ3) is 5.61. The van der Waals surface area contributed by atoms with Gasteiger partial charge in [-0.2, -0.15) is 0 Å². The number of carbonyl (C=O) groups excluding carboxylic acids is 3. The minimum atomic E-state index is -0.568. The summed E-state index contributed by atoms with van der Waals surface area (Å²) in [6, 6.07) is 14.6. The number of fused-ring (bicyclic) bond motifs is 1. The monoisotopic (exact) mass is 449 g/mol. The molecule has 2 aromatic rings. The Morgan fingerprint density at radius 3 is 2.36 bits per heavy atom. The lowest BCUT2D eigenvalue weighted by Crippen LogP contribution is -2.39. The quantitative estimate of drug-likeness (QED) is 0.494. The van der Waals surface area contributed by atoms with Crippen molar-refractivity contribution < 1.29 is 19.1 Å². The number of para-hydroxylation sites is 1. The lowest BCUT2D eigenvalue weighted by Gasteiger charge is -2.23. The van der Waals surface area contributed by atoms with E-state index in [1.165, 1.54) is 0 Å². The first-order chi connectivity index (χ1) is 15.6. The van der Waals surface area contributed by atoms with E-state index in [9.17, 15) is 14.4 Å². The summed E-state index contributed by atoms with van der Waals surface area (Å²) in [7, 11) is 1.93. The number of likely N-dealkylation sites (N-methyl/N-ethyl adjacent to an activating group) is 1. The fourth-order valence-electron chi connectivity index (χ4n) is 3.93. The maximum Gasteiger partial charge on any atom is 0.338 e. The van der Waals surface area contributed by atoms with Crippen molar-refractivity contribution >= 4 is 23.5 Å². The van der Waals surface area contributed by atoms with Crippen LogP contribution in [0.1, 0.15) is 49.2 Å². The van der Waals surface area contributed by atoms with Crippen LogP contribution in [0, 0.1) is 0 Å². The minimum Gasteiger partial charge on any atom is -0.454 e. The Morgan fingerprint density at radius 1 is 1.06 bits per heavy atom. The zero-order chi connectivity index (χ0) is 24.2. The molecule has 2 aromatic carbocycles. The van der Waals surface area contributed by atoms with E-state index in [0.717, 1.165) is 22.5 Å². The summed E-state index contributed by atoms with van der Waals surface area (Å²) in [6.45, 7) is 7.92. The molecule has 0 spiro atoms. The maximum absolute atomic E-state index is 12.6. The summed E-state index contributed by atoms with van der Waals surface area (Å²) in [6.07, 6.45) is 1.56. The molecule has 1 heterocycles. The van der Waals surface area contributed by atoms with Gasteiger partial charge < -0.3 is 20.3 Å². The van der Waals surface area contributed by atoms with Crippen LogP contribution >= 0.6 is 0 Å². The van der Waals surface area contributed by atoms with E-state index >= 15 is 0 Å². The van der Waals surface area contributed by atoms with Gasteiger partial charge in [0.1, 0.15) is 0 Å². The van der Waals surface area contributed by atoms with Crippen molar-refractivity contribution in [2.24, 2.45) is 0 Å². The van der Waals surface area contributed by atoms with Crippen molar-refractivity contribution in [2.45, 2.75) is 45.7 Å². The standard InChI is InChI=1S/C26H31N3O4/c1-17(2)28-25(32)27-15-18-10-12-19(13-11-18)24(31)33-16-20(30)14-23-26(3,4)21-8-6-7-9-22(21)29(23)5/h6-14,17H,15-16H2,1-5H3,(H2,27,28,32)/b23-14+. The van der Waals surface area contributed by atoms with Crippen LogP contribution in [-0.2, 0) is 21.5 Å². The summed E-state index contributed by atoms with van der Waals surface area (Å²) in [5.41, 5.74) is 3.95. The lowest BCUT2D eigenvalue weighted by molar-refractivity contribution is -0.117. The summed E-state index contributed by atoms with van der Waals surface area (Å²) in [5.74, 6) is -0.843. The highest BCUT2D eigenvalue weighted by Crippen LogP contribution is 2.46. The number of carbonyl (C=O) groups is 3. The smallest absolute Gasteiger partial charge is 0.338 e. The molecule has 1 aliphatic heterocycles. The number of ether oxygens (including phenoxy) is 1. The van der Waals surface area contributed by atoms with E-state index in [2.05, 4.69) is 30.5 Å². The van der Waals surface area contributed by atoms with Gasteiger partial charge >= 0.3 is 12.0 Å². The van der Waals surface area contributed by atoms with Crippen LogP contribution in [0.5, 0.6) is 0 Å². The number of hydrogen-bond acceptors (Lipinski definition) is 5. The first kappa shape index (κ1) is 24.0. The molecule has 2 N–H and O–H groups in total. The van der Waals surface area contributed by atoms with Gasteiger partial charge in [-0.1, -0.05) is 44.2 Å². The number of ketones is 1. The van der Waals surface area contributed by atoms with Gasteiger partial charge in [0, 0.05) is 42.5 Å². The van der Waals surface area contributed by atoms with Gasteiger partial charge in [-0.25, -0.2) is 9.59 Å². The number of anilines is 1. The number of urea groups is 1. The van der Waals surface area contributed by atoms with Gasteiger partial charge in [-0.3, -0.25) is 4.79 Å². The zero-order valence-electron chi connectivity index (χ0n) is 19.8. The number of benzene rings is 2. The molecule has 0 saturated carbocycles. The molecule has 0 bridgehead atoms. The Hall–Kier alpha value is -3.61. The van der Waals surface area contributed by atoms with Gasteiger partial charge in [0.15, 0.2) is 12.4 Å². The van der Waals surface area contributed by atoms with Crippen LogP contribution in [0.25, 0.3) is 0 Å². The summed E-state index contributed by atoms with van der Waals surface area (Å²) in [5, 5.41) is 5.49. The second-order valence-corrected chi connectivity index (χ2v) is 8.95. The first-order valence-electron chi connectivity index (χ1n) is 11.0. The van der Waals surface area contributed by atoms with Crippen molar-refractivity contribution in [1.29, 1.82) is 0 Å². The Morgan fingerprint density at radius 2 is 1.73 bits per heavy atom. The van der Waals surface area contributed by atoms with Crippen LogP contribution in [0.4, 0.5) is 10.5 Å². The van der Waals surface area contributed by atoms with Crippen LogP contribution < -0.4 is 15.5 Å². The van der Waals surface area contributed by atoms with E-state index in [-0.39, 0.29) is 29.9 Å². The van der Waals surface area contributed by atoms with E-state index in [4.69, 9.17) is 4.74 Å². The van der Waals surface area contributed by atoms with Gasteiger partial charge in [0.2, 0.25) is 0 Å². The molecule has 0 atom stereocenters. The third-order valence-electron chi connectivity index (χ3n) is 5.65. The Labute approximate surface area is 194 Å². The highest BCUT2D eigenvalue weighted by molar-refractivity contribution is 5.96. The van der Waals surface area contributed by atoms with Crippen molar-refractivity contribution in [3.05, 3.63) is 77.0 Å². The van der Waals surface area contributed by atoms with Crippen molar-refractivity contribution in [1.82, 2.24) is 10.6 Å². The number of rotatable bonds is 7. The lowest BCUT2D eigenvalue weighted by atomic mass is 9.83. The highest BCUT2D eigenvalue weighted by Gasteiger charge is 2.38. The topological polar surface area (TPSA) is 87.7 Å². The maximum atomic E-state index is 12.6. The molecule has 2 amide bonds. The molecule has 0 unspecified atom stereocenters. The molecule has 0 radical (unpaired) electrons. The third-order valence-corrected chi connectivity index (χ3v) is 5.65. The molecule has 7 nitrogen and oxygen atoms in total. The largest absolute Gasteiger partial charge is 0.454 e. The first-order valence-corrected chi connectivity index (χ1v) is 11.0. The van der Waals surface area contributed by atoms with E-state index in [1.807, 2.05) is 44.0 Å². The number of allylic oxidation sites excluding steroid dienone is 1. The molecule has 33 heavy (non-hydrogen) atoms. The average Bonchev–Trinajstić information content (AvgIpc) is 2.97. The molecule has 0 aromatic heterocycles. The second-order valence-electron chi connectivity index (χ2n) is 8.95. The fraction of sp³-hybridized carbons (Fsp3) is 0.346. The molecule has 0 aliphatic carbocycles. The molecular weight excluding hydrogens is 418 g/mol. The molecule has 1 aliphatic rings. The van der Waals surface area contributed by atoms with E-state index in [0.29, 0.717) is 12.1 Å². The van der Waals surface area contributed by atoms with Crippen molar-refractivity contribution in [3.63, 3.8) is 0 Å². The van der Waals surface area contributed by atoms with E-state index in [1.54, 1.807) is 30.3 Å². The Balaban J connectivity index is 1.56. The average molecular weight is 450 g/mol. The highest BCUT2D eigenvalue weighted by atomic mass is 16.5. The Kier molecular flexibility index (Phi) is 7.21. The molecule has 0 saturated heterocycles. The number of amides is 2. The number of hydrogen-bond donors (Lipinski definition) is 2. The molecule has 174 valence electrons. The SMILES string of the molecule is CC(C)NC(=O)NCc1ccc(C(=O)OCC(=O)/C=C2/N(C)c3ccccc3C2(C)C)cc1. The number of nitrogens with one attached hydrogen (secondary N) is 2. The number of nitrogens with zero attached hydrogens (tertiary/aromatic N) is 1. The van der Waals surface area contributed by atoms with Gasteiger partial charge in [0.25, 0.3) is 0 Å². The van der Waals surface area contributed by atoms with Crippen LogP contribution in [0.3, 0.4) is 0 Å². The zero-order valence-corrected chi connectivity index (χ0v) is 19.8. The molecule has 0 fully saturated rings.